The largest absolute Gasteiger partial charge is 0.497 e. The van der Waals surface area contributed by atoms with Crippen LogP contribution in [0.5, 0.6) is 11.5 Å². The molecule has 13 nitrogen and oxygen atoms in total. The van der Waals surface area contributed by atoms with Crippen LogP contribution in [0.2, 0.25) is 5.28 Å². The summed E-state index contributed by atoms with van der Waals surface area (Å²) in [4.78, 5) is 36.2. The number of anilines is 2. The van der Waals surface area contributed by atoms with Gasteiger partial charge >= 0.3 is 6.03 Å². The number of piperidine rings is 1. The third kappa shape index (κ3) is 9.07. The number of ether oxygens (including phenoxy) is 3. The van der Waals surface area contributed by atoms with Crippen molar-refractivity contribution in [3.8, 4) is 11.5 Å². The molecule has 2 amide bonds. The van der Waals surface area contributed by atoms with Crippen molar-refractivity contribution in [1.29, 1.82) is 0 Å². The van der Waals surface area contributed by atoms with Gasteiger partial charge in [-0.2, -0.15) is 9.97 Å². The molecule has 2 aliphatic rings. The van der Waals surface area contributed by atoms with E-state index in [1.165, 1.54) is 0 Å². The second-order valence-corrected chi connectivity index (χ2v) is 11.7. The summed E-state index contributed by atoms with van der Waals surface area (Å²) in [6.45, 7) is 9.98. The lowest BCUT2D eigenvalue weighted by molar-refractivity contribution is 0.0358. The molecule has 1 unspecified atom stereocenters. The number of H-pyrrole nitrogens is 1. The van der Waals surface area contributed by atoms with E-state index in [2.05, 4.69) is 45.3 Å². The van der Waals surface area contributed by atoms with E-state index < -0.39 is 0 Å². The molecule has 240 valence electrons. The Bertz CT molecular complexity index is 1330. The zero-order valence-electron chi connectivity index (χ0n) is 25.7. The second-order valence-electron chi connectivity index (χ2n) is 11.3. The molecule has 1 atom stereocenters. The molecule has 44 heavy (non-hydrogen) atoms. The van der Waals surface area contributed by atoms with Crippen LogP contribution in [0, 0.1) is 5.92 Å². The van der Waals surface area contributed by atoms with E-state index >= 15 is 0 Å². The lowest BCUT2D eigenvalue weighted by Crippen LogP contribution is -2.43. The molecular weight excluding hydrogens is 586 g/mol. The molecule has 1 aromatic carbocycles. The average molecular weight is 630 g/mol. The van der Waals surface area contributed by atoms with Crippen molar-refractivity contribution in [2.24, 2.45) is 5.92 Å². The van der Waals surface area contributed by atoms with Crippen molar-refractivity contribution >= 4 is 40.3 Å². The van der Waals surface area contributed by atoms with Crippen LogP contribution in [0.3, 0.4) is 0 Å². The number of hydrogen-bond acceptors (Lipinski definition) is 10. The Morgan fingerprint density at radius 3 is 2.66 bits per heavy atom. The van der Waals surface area contributed by atoms with Gasteiger partial charge in [-0.1, -0.05) is 0 Å². The molecule has 0 bridgehead atoms. The number of morpholine rings is 1. The fourth-order valence-corrected chi connectivity index (χ4v) is 6.15. The summed E-state index contributed by atoms with van der Waals surface area (Å²) < 4.78 is 16.1. The second kappa shape index (κ2) is 16.1. The Morgan fingerprint density at radius 1 is 1.11 bits per heavy atom. The summed E-state index contributed by atoms with van der Waals surface area (Å²) in [7, 11) is 3.17. The highest BCUT2D eigenvalue weighted by molar-refractivity contribution is 6.28. The van der Waals surface area contributed by atoms with Crippen molar-refractivity contribution in [1.82, 2.24) is 35.1 Å². The zero-order chi connectivity index (χ0) is 30.7. The zero-order valence-corrected chi connectivity index (χ0v) is 26.4. The Labute approximate surface area is 263 Å². The predicted octanol–water partition coefficient (Wildman–Crippen LogP) is 3.48. The molecular formula is C30H44ClN9O4. The van der Waals surface area contributed by atoms with Gasteiger partial charge in [-0.25, -0.2) is 9.78 Å². The Balaban J connectivity index is 1.14. The first-order valence-corrected chi connectivity index (χ1v) is 15.8. The number of hydrogen-bond donors (Lipinski definition) is 3. The summed E-state index contributed by atoms with van der Waals surface area (Å²) >= 11 is 6.24. The minimum atomic E-state index is -0.254. The molecule has 3 aromatic rings. The van der Waals surface area contributed by atoms with E-state index in [0.717, 1.165) is 103 Å². The van der Waals surface area contributed by atoms with Gasteiger partial charge in [0, 0.05) is 63.2 Å². The highest BCUT2D eigenvalue weighted by atomic mass is 35.5. The number of aromatic amines is 1. The number of aromatic nitrogens is 4. The molecule has 3 N–H and O–H groups in total. The topological polar surface area (TPSA) is 133 Å². The lowest BCUT2D eigenvalue weighted by Gasteiger charge is -2.36. The summed E-state index contributed by atoms with van der Waals surface area (Å²) in [6.07, 6.45) is 5.82. The molecule has 5 rings (SSSR count). The number of urea groups is 1. The third-order valence-corrected chi connectivity index (χ3v) is 8.34. The van der Waals surface area contributed by atoms with Crippen molar-refractivity contribution in [2.75, 3.05) is 96.6 Å². The van der Waals surface area contributed by atoms with Gasteiger partial charge in [0.2, 0.25) is 5.28 Å². The van der Waals surface area contributed by atoms with Crippen LogP contribution in [0.4, 0.5) is 16.3 Å². The number of carbonyl (C=O) groups is 1. The fourth-order valence-electron chi connectivity index (χ4n) is 5.99. The number of carbonyl (C=O) groups excluding carboxylic acids is 1. The van der Waals surface area contributed by atoms with Crippen LogP contribution in [0.25, 0.3) is 11.2 Å². The number of amides is 2. The predicted molar refractivity (Wildman–Crippen MR) is 171 cm³/mol. The quantitative estimate of drug-likeness (QED) is 0.180. The van der Waals surface area contributed by atoms with E-state index in [4.69, 9.17) is 25.8 Å². The third-order valence-electron chi connectivity index (χ3n) is 8.17. The molecule has 2 aromatic heterocycles. The van der Waals surface area contributed by atoms with E-state index in [1.54, 1.807) is 38.7 Å². The molecule has 2 fully saturated rings. The summed E-state index contributed by atoms with van der Waals surface area (Å²) in [5, 5.41) is 6.09. The average Bonchev–Trinajstić information content (AvgIpc) is 3.51. The molecule has 2 aliphatic heterocycles. The van der Waals surface area contributed by atoms with Crippen molar-refractivity contribution in [2.45, 2.75) is 25.7 Å². The molecule has 14 heteroatoms. The van der Waals surface area contributed by atoms with Gasteiger partial charge in [-0.3, -0.25) is 4.90 Å². The van der Waals surface area contributed by atoms with Gasteiger partial charge in [-0.15, -0.1) is 0 Å². The number of rotatable bonds is 14. The maximum absolute atomic E-state index is 12.6. The van der Waals surface area contributed by atoms with Gasteiger partial charge in [0.15, 0.2) is 11.5 Å². The minimum Gasteiger partial charge on any atom is -0.497 e. The van der Waals surface area contributed by atoms with E-state index in [0.29, 0.717) is 35.3 Å². The number of methoxy groups -OCH3 is 2. The molecule has 0 radical (unpaired) electrons. The maximum atomic E-state index is 12.6. The smallest absolute Gasteiger partial charge is 0.319 e. The van der Waals surface area contributed by atoms with Crippen LogP contribution in [0.15, 0.2) is 24.5 Å². The van der Waals surface area contributed by atoms with E-state index in [-0.39, 0.29) is 11.3 Å². The maximum Gasteiger partial charge on any atom is 0.319 e. The Morgan fingerprint density at radius 2 is 1.89 bits per heavy atom. The Hall–Kier alpha value is -3.39. The summed E-state index contributed by atoms with van der Waals surface area (Å²) in [6, 6.07) is 5.04. The highest BCUT2D eigenvalue weighted by Gasteiger charge is 2.25. The van der Waals surface area contributed by atoms with Gasteiger partial charge in [0.05, 0.1) is 33.8 Å². The van der Waals surface area contributed by atoms with Gasteiger partial charge in [0.25, 0.3) is 0 Å². The minimum absolute atomic E-state index is 0.216. The number of nitrogens with zero attached hydrogens (tertiary/aromatic N) is 6. The van der Waals surface area contributed by atoms with Crippen LogP contribution in [-0.4, -0.2) is 122 Å². The first-order chi connectivity index (χ1) is 21.5. The fraction of sp³-hybridized carbons (Fsp3) is 0.600. The van der Waals surface area contributed by atoms with E-state index in [1.807, 2.05) is 0 Å². The standard InChI is InChI=1S/C30H44ClN9O4/c1-42-24-16-23(17-25(18-24)43-2)35-30(41)32-7-4-8-39(10-5-9-38-12-14-44-15-13-38)19-22-6-3-11-40(20-22)28-26-27(34-21-33-26)36-29(31)37-28/h16-18,21-22H,3-15,19-20H2,1-2H3,(H2,32,35,41)(H,33,34,36,37). The van der Waals surface area contributed by atoms with Crippen molar-refractivity contribution in [3.63, 3.8) is 0 Å². The summed E-state index contributed by atoms with van der Waals surface area (Å²) in [5.74, 6) is 2.54. The normalized spacial score (nSPS) is 17.6. The van der Waals surface area contributed by atoms with Crippen LogP contribution in [0.1, 0.15) is 25.7 Å². The van der Waals surface area contributed by atoms with Crippen molar-refractivity contribution in [3.05, 3.63) is 29.8 Å². The molecule has 0 spiro atoms. The monoisotopic (exact) mass is 629 g/mol. The van der Waals surface area contributed by atoms with Gasteiger partial charge in [0.1, 0.15) is 17.0 Å². The Kier molecular flexibility index (Phi) is 11.7. The first-order valence-electron chi connectivity index (χ1n) is 15.4. The van der Waals surface area contributed by atoms with E-state index in [9.17, 15) is 4.79 Å². The van der Waals surface area contributed by atoms with Crippen LogP contribution in [-0.2, 0) is 4.74 Å². The molecule has 4 heterocycles. The molecule has 0 aliphatic carbocycles. The van der Waals surface area contributed by atoms with Crippen LogP contribution < -0.4 is 25.0 Å². The number of nitrogens with one attached hydrogen (secondary N) is 3. The summed E-state index contributed by atoms with van der Waals surface area (Å²) in [5.41, 5.74) is 2.03. The van der Waals surface area contributed by atoms with Crippen LogP contribution >= 0.6 is 11.6 Å². The number of halogens is 1. The number of fused-ring (bicyclic) bond motifs is 1. The number of imidazole rings is 1. The first kappa shape index (κ1) is 32.0. The molecule has 2 saturated heterocycles. The van der Waals surface area contributed by atoms with Gasteiger partial charge < -0.3 is 39.6 Å². The lowest BCUT2D eigenvalue weighted by atomic mass is 9.97. The molecule has 0 saturated carbocycles. The number of benzene rings is 1. The van der Waals surface area contributed by atoms with Gasteiger partial charge in [-0.05, 0) is 62.8 Å². The SMILES string of the molecule is COc1cc(NC(=O)NCCCN(CCCN2CCOCC2)CC2CCCN(c3nc(Cl)nc4nc[nH]c34)C2)cc(OC)c1. The highest BCUT2D eigenvalue weighted by Crippen LogP contribution is 2.28. The van der Waals surface area contributed by atoms with Crippen molar-refractivity contribution < 1.29 is 19.0 Å².